The Morgan fingerprint density at radius 3 is 2.72 bits per heavy atom. The molecular formula is C16H24N2. The van der Waals surface area contributed by atoms with Crippen LogP contribution in [0, 0.1) is 0 Å². The highest BCUT2D eigenvalue weighted by molar-refractivity contribution is 5.84. The Morgan fingerprint density at radius 2 is 2.06 bits per heavy atom. The molecular weight excluding hydrogens is 220 g/mol. The molecule has 98 valence electrons. The molecule has 2 nitrogen and oxygen atoms in total. The van der Waals surface area contributed by atoms with E-state index in [0.29, 0.717) is 0 Å². The Labute approximate surface area is 110 Å². The zero-order valence-electron chi connectivity index (χ0n) is 11.6. The van der Waals surface area contributed by atoms with Crippen LogP contribution in [-0.4, -0.2) is 11.1 Å². The summed E-state index contributed by atoms with van der Waals surface area (Å²) in [4.78, 5) is 0. The molecule has 0 aliphatic heterocycles. The number of hydrogen-bond donors (Lipinski definition) is 1. The third-order valence-electron chi connectivity index (χ3n) is 3.56. The van der Waals surface area contributed by atoms with Gasteiger partial charge in [0.25, 0.3) is 0 Å². The van der Waals surface area contributed by atoms with Crippen LogP contribution in [-0.2, 0) is 19.4 Å². The maximum Gasteiger partial charge on any atom is 0.0483 e. The lowest BCUT2D eigenvalue weighted by atomic mass is 10.1. The van der Waals surface area contributed by atoms with Gasteiger partial charge in [-0.05, 0) is 49.1 Å². The lowest BCUT2D eigenvalue weighted by Crippen LogP contribution is -2.04. The van der Waals surface area contributed by atoms with Crippen LogP contribution in [0.1, 0.15) is 37.8 Å². The SMILES string of the molecule is CCCc1cn(CCCN)c2ccc(CC)cc12. The van der Waals surface area contributed by atoms with Crippen LogP contribution < -0.4 is 5.73 Å². The summed E-state index contributed by atoms with van der Waals surface area (Å²) < 4.78 is 2.37. The average Bonchev–Trinajstić information content (AvgIpc) is 2.74. The van der Waals surface area contributed by atoms with Crippen molar-refractivity contribution in [1.29, 1.82) is 0 Å². The highest BCUT2D eigenvalue weighted by atomic mass is 15.0. The fourth-order valence-corrected chi connectivity index (χ4v) is 2.55. The highest BCUT2D eigenvalue weighted by Crippen LogP contribution is 2.24. The van der Waals surface area contributed by atoms with E-state index in [0.717, 1.165) is 25.9 Å². The van der Waals surface area contributed by atoms with Gasteiger partial charge in [-0.25, -0.2) is 0 Å². The van der Waals surface area contributed by atoms with Gasteiger partial charge in [-0.15, -0.1) is 0 Å². The van der Waals surface area contributed by atoms with Gasteiger partial charge >= 0.3 is 0 Å². The maximum atomic E-state index is 5.62. The van der Waals surface area contributed by atoms with E-state index in [1.54, 1.807) is 0 Å². The number of aromatic nitrogens is 1. The standard InChI is InChI=1S/C16H24N2/c1-3-6-14-12-18(10-5-9-17)16-8-7-13(4-2)11-15(14)16/h7-8,11-12H,3-6,9-10,17H2,1-2H3. The summed E-state index contributed by atoms with van der Waals surface area (Å²) in [5.41, 5.74) is 9.90. The van der Waals surface area contributed by atoms with Crippen molar-refractivity contribution >= 4 is 10.9 Å². The summed E-state index contributed by atoms with van der Waals surface area (Å²) in [5, 5.41) is 1.44. The molecule has 1 heterocycles. The predicted molar refractivity (Wildman–Crippen MR) is 79.0 cm³/mol. The fraction of sp³-hybridized carbons (Fsp3) is 0.500. The zero-order valence-corrected chi connectivity index (χ0v) is 11.6. The van der Waals surface area contributed by atoms with Crippen LogP contribution in [0.4, 0.5) is 0 Å². The van der Waals surface area contributed by atoms with Crippen LogP contribution in [0.3, 0.4) is 0 Å². The first-order chi connectivity index (χ1) is 8.80. The van der Waals surface area contributed by atoms with Gasteiger partial charge in [0, 0.05) is 23.6 Å². The van der Waals surface area contributed by atoms with Crippen LogP contribution >= 0.6 is 0 Å². The lowest BCUT2D eigenvalue weighted by molar-refractivity contribution is 0.668. The summed E-state index contributed by atoms with van der Waals surface area (Å²) in [6, 6.07) is 6.88. The quantitative estimate of drug-likeness (QED) is 0.828. The molecule has 0 bridgehead atoms. The van der Waals surface area contributed by atoms with Crippen molar-refractivity contribution in [3.05, 3.63) is 35.5 Å². The number of nitrogens with zero attached hydrogens (tertiary/aromatic N) is 1. The number of rotatable bonds is 6. The van der Waals surface area contributed by atoms with E-state index >= 15 is 0 Å². The summed E-state index contributed by atoms with van der Waals surface area (Å²) in [7, 11) is 0. The van der Waals surface area contributed by atoms with Gasteiger partial charge in [0.15, 0.2) is 0 Å². The van der Waals surface area contributed by atoms with Gasteiger partial charge in [0.2, 0.25) is 0 Å². The smallest absolute Gasteiger partial charge is 0.0483 e. The van der Waals surface area contributed by atoms with Crippen molar-refractivity contribution in [3.8, 4) is 0 Å². The van der Waals surface area contributed by atoms with E-state index in [4.69, 9.17) is 5.73 Å². The van der Waals surface area contributed by atoms with E-state index in [1.807, 2.05) is 0 Å². The number of hydrogen-bond acceptors (Lipinski definition) is 1. The molecule has 0 radical (unpaired) electrons. The Hall–Kier alpha value is -1.28. The van der Waals surface area contributed by atoms with E-state index in [2.05, 4.69) is 42.8 Å². The van der Waals surface area contributed by atoms with Crippen molar-refractivity contribution in [1.82, 2.24) is 4.57 Å². The lowest BCUT2D eigenvalue weighted by Gasteiger charge is -2.04. The molecule has 2 aromatic rings. The third-order valence-corrected chi connectivity index (χ3v) is 3.56. The largest absolute Gasteiger partial charge is 0.347 e. The molecule has 18 heavy (non-hydrogen) atoms. The second kappa shape index (κ2) is 6.05. The monoisotopic (exact) mass is 244 g/mol. The molecule has 0 amide bonds. The summed E-state index contributed by atoms with van der Waals surface area (Å²) in [6.45, 7) is 6.25. The minimum absolute atomic E-state index is 0.760. The third kappa shape index (κ3) is 2.59. The van der Waals surface area contributed by atoms with Crippen molar-refractivity contribution in [3.63, 3.8) is 0 Å². The van der Waals surface area contributed by atoms with Gasteiger partial charge in [-0.3, -0.25) is 0 Å². The molecule has 0 fully saturated rings. The van der Waals surface area contributed by atoms with Crippen LogP contribution in [0.15, 0.2) is 24.4 Å². The predicted octanol–water partition coefficient (Wildman–Crippen LogP) is 3.51. The summed E-state index contributed by atoms with van der Waals surface area (Å²) >= 11 is 0. The van der Waals surface area contributed by atoms with Crippen molar-refractivity contribution in [2.24, 2.45) is 5.73 Å². The molecule has 0 saturated carbocycles. The molecule has 0 aliphatic carbocycles. The molecule has 0 spiro atoms. The molecule has 0 aliphatic rings. The Balaban J connectivity index is 2.45. The fourth-order valence-electron chi connectivity index (χ4n) is 2.55. The minimum atomic E-state index is 0.760. The van der Waals surface area contributed by atoms with E-state index in [1.165, 1.54) is 34.9 Å². The molecule has 0 atom stereocenters. The van der Waals surface area contributed by atoms with Crippen molar-refractivity contribution in [2.75, 3.05) is 6.54 Å². The first kappa shape index (κ1) is 13.2. The number of fused-ring (bicyclic) bond motifs is 1. The molecule has 0 unspecified atom stereocenters. The molecule has 1 aromatic heterocycles. The Kier molecular flexibility index (Phi) is 4.43. The van der Waals surface area contributed by atoms with E-state index in [-0.39, 0.29) is 0 Å². The normalized spacial score (nSPS) is 11.3. The van der Waals surface area contributed by atoms with E-state index in [9.17, 15) is 0 Å². The van der Waals surface area contributed by atoms with Gasteiger partial charge in [0.1, 0.15) is 0 Å². The van der Waals surface area contributed by atoms with Gasteiger partial charge in [0.05, 0.1) is 0 Å². The Morgan fingerprint density at radius 1 is 1.22 bits per heavy atom. The maximum absolute atomic E-state index is 5.62. The molecule has 1 aromatic carbocycles. The number of nitrogens with two attached hydrogens (primary N) is 1. The van der Waals surface area contributed by atoms with Crippen LogP contribution in [0.25, 0.3) is 10.9 Å². The second-order valence-corrected chi connectivity index (χ2v) is 4.95. The highest BCUT2D eigenvalue weighted by Gasteiger charge is 2.08. The molecule has 2 heteroatoms. The van der Waals surface area contributed by atoms with Crippen LogP contribution in [0.5, 0.6) is 0 Å². The number of benzene rings is 1. The number of aryl methyl sites for hydroxylation is 3. The van der Waals surface area contributed by atoms with Gasteiger partial charge < -0.3 is 10.3 Å². The first-order valence-corrected chi connectivity index (χ1v) is 7.10. The molecule has 2 N–H and O–H groups in total. The zero-order chi connectivity index (χ0) is 13.0. The minimum Gasteiger partial charge on any atom is -0.347 e. The van der Waals surface area contributed by atoms with E-state index < -0.39 is 0 Å². The molecule has 2 rings (SSSR count). The summed E-state index contributed by atoms with van der Waals surface area (Å²) in [6.07, 6.45) is 6.84. The topological polar surface area (TPSA) is 30.9 Å². The van der Waals surface area contributed by atoms with Crippen molar-refractivity contribution < 1.29 is 0 Å². The summed E-state index contributed by atoms with van der Waals surface area (Å²) in [5.74, 6) is 0. The van der Waals surface area contributed by atoms with Crippen molar-refractivity contribution in [2.45, 2.75) is 46.1 Å². The second-order valence-electron chi connectivity index (χ2n) is 4.95. The Bertz CT molecular complexity index is 511. The van der Waals surface area contributed by atoms with Gasteiger partial charge in [-0.1, -0.05) is 26.3 Å². The first-order valence-electron chi connectivity index (χ1n) is 7.10. The molecule has 0 saturated heterocycles. The average molecular weight is 244 g/mol. The van der Waals surface area contributed by atoms with Crippen LogP contribution in [0.2, 0.25) is 0 Å². The van der Waals surface area contributed by atoms with Gasteiger partial charge in [-0.2, -0.15) is 0 Å².